The predicted octanol–water partition coefficient (Wildman–Crippen LogP) is 3.78. The average molecular weight is 284 g/mol. The predicted molar refractivity (Wildman–Crippen MR) is 83.8 cm³/mol. The van der Waals surface area contributed by atoms with E-state index < -0.39 is 0 Å². The van der Waals surface area contributed by atoms with Gasteiger partial charge in [0.1, 0.15) is 11.5 Å². The van der Waals surface area contributed by atoms with E-state index in [0.717, 1.165) is 5.56 Å². The molecule has 2 rings (SSSR count). The minimum Gasteiger partial charge on any atom is -0.466 e. The zero-order valence-electron chi connectivity index (χ0n) is 12.8. The van der Waals surface area contributed by atoms with Gasteiger partial charge in [-0.25, -0.2) is 5.43 Å². The van der Waals surface area contributed by atoms with E-state index in [-0.39, 0.29) is 5.91 Å². The van der Waals surface area contributed by atoms with Crippen molar-refractivity contribution in [1.29, 1.82) is 0 Å². The number of hydrogen-bond donors (Lipinski definition) is 1. The maximum absolute atomic E-state index is 11.9. The third kappa shape index (κ3) is 3.81. The molecule has 0 fully saturated rings. The first-order chi connectivity index (χ1) is 9.97. The van der Waals surface area contributed by atoms with Crippen LogP contribution in [0.3, 0.4) is 0 Å². The van der Waals surface area contributed by atoms with Crippen LogP contribution in [0.5, 0.6) is 0 Å². The Morgan fingerprint density at radius 2 is 1.90 bits per heavy atom. The first-order valence-electron chi connectivity index (χ1n) is 6.97. The largest absolute Gasteiger partial charge is 0.466 e. The molecule has 0 saturated heterocycles. The van der Waals surface area contributed by atoms with Crippen molar-refractivity contribution in [2.45, 2.75) is 33.6 Å². The minimum absolute atomic E-state index is 0.264. The number of rotatable bonds is 4. The Hall–Kier alpha value is -2.36. The van der Waals surface area contributed by atoms with Crippen LogP contribution in [0.4, 0.5) is 0 Å². The molecule has 1 aromatic heterocycles. The van der Waals surface area contributed by atoms with Crippen molar-refractivity contribution in [3.05, 3.63) is 58.5 Å². The van der Waals surface area contributed by atoms with Crippen LogP contribution in [0.1, 0.15) is 52.8 Å². The lowest BCUT2D eigenvalue weighted by Crippen LogP contribution is -2.17. The molecule has 0 spiro atoms. The molecule has 0 radical (unpaired) electrons. The highest BCUT2D eigenvalue weighted by atomic mass is 16.3. The Kier molecular flexibility index (Phi) is 4.58. The van der Waals surface area contributed by atoms with Gasteiger partial charge in [0, 0.05) is 0 Å². The van der Waals surface area contributed by atoms with Crippen LogP contribution >= 0.6 is 0 Å². The van der Waals surface area contributed by atoms with Crippen molar-refractivity contribution in [2.24, 2.45) is 5.10 Å². The Bertz CT molecular complexity index is 652. The summed E-state index contributed by atoms with van der Waals surface area (Å²) in [6.07, 6.45) is 1.63. The average Bonchev–Trinajstić information content (AvgIpc) is 2.78. The zero-order chi connectivity index (χ0) is 15.4. The molecular formula is C17H20N2O2. The van der Waals surface area contributed by atoms with E-state index in [1.165, 1.54) is 5.56 Å². The monoisotopic (exact) mass is 284 g/mol. The highest BCUT2D eigenvalue weighted by molar-refractivity contribution is 5.95. The van der Waals surface area contributed by atoms with E-state index in [0.29, 0.717) is 23.0 Å². The Balaban J connectivity index is 1.99. The van der Waals surface area contributed by atoms with E-state index in [4.69, 9.17) is 4.42 Å². The Labute approximate surface area is 124 Å². The topological polar surface area (TPSA) is 54.6 Å². The van der Waals surface area contributed by atoms with Crippen molar-refractivity contribution in [3.8, 4) is 0 Å². The Morgan fingerprint density at radius 3 is 2.43 bits per heavy atom. The third-order valence-corrected chi connectivity index (χ3v) is 3.27. The fraction of sp³-hybridized carbons (Fsp3) is 0.294. The lowest BCUT2D eigenvalue weighted by Gasteiger charge is -2.04. The summed E-state index contributed by atoms with van der Waals surface area (Å²) >= 11 is 0. The third-order valence-electron chi connectivity index (χ3n) is 3.27. The molecule has 110 valence electrons. The summed E-state index contributed by atoms with van der Waals surface area (Å²) in [6.45, 7) is 7.87. The van der Waals surface area contributed by atoms with Gasteiger partial charge >= 0.3 is 0 Å². The van der Waals surface area contributed by atoms with Crippen molar-refractivity contribution in [2.75, 3.05) is 0 Å². The maximum atomic E-state index is 11.9. The van der Waals surface area contributed by atoms with Crippen LogP contribution in [-0.2, 0) is 0 Å². The second kappa shape index (κ2) is 6.39. The molecule has 1 heterocycles. The molecule has 2 aromatic rings. The molecule has 0 saturated carbocycles. The van der Waals surface area contributed by atoms with Gasteiger partial charge in [-0.2, -0.15) is 5.10 Å². The molecule has 0 aliphatic carbocycles. The first kappa shape index (κ1) is 15.0. The molecule has 1 amide bonds. The number of furan rings is 1. The molecule has 21 heavy (non-hydrogen) atoms. The summed E-state index contributed by atoms with van der Waals surface area (Å²) in [4.78, 5) is 11.9. The number of nitrogens with one attached hydrogen (secondary N) is 1. The lowest BCUT2D eigenvalue weighted by molar-refractivity contribution is 0.0953. The van der Waals surface area contributed by atoms with E-state index in [2.05, 4.69) is 36.5 Å². The van der Waals surface area contributed by atoms with Crippen molar-refractivity contribution >= 4 is 12.1 Å². The van der Waals surface area contributed by atoms with Crippen LogP contribution in [-0.4, -0.2) is 12.1 Å². The van der Waals surface area contributed by atoms with Gasteiger partial charge in [0.2, 0.25) is 0 Å². The first-order valence-corrected chi connectivity index (χ1v) is 6.97. The van der Waals surface area contributed by atoms with Crippen molar-refractivity contribution < 1.29 is 9.21 Å². The van der Waals surface area contributed by atoms with E-state index in [1.54, 1.807) is 19.2 Å². The highest BCUT2D eigenvalue weighted by Gasteiger charge is 2.12. The summed E-state index contributed by atoms with van der Waals surface area (Å²) in [7, 11) is 0. The smallest absolute Gasteiger partial charge is 0.274 e. The van der Waals surface area contributed by atoms with E-state index >= 15 is 0 Å². The Morgan fingerprint density at radius 1 is 1.24 bits per heavy atom. The molecular weight excluding hydrogens is 264 g/mol. The molecule has 0 bridgehead atoms. The summed E-state index contributed by atoms with van der Waals surface area (Å²) in [5, 5.41) is 3.98. The number of aryl methyl sites for hydroxylation is 2. The number of benzene rings is 1. The summed E-state index contributed by atoms with van der Waals surface area (Å²) in [5.74, 6) is 1.55. The minimum atomic E-state index is -0.264. The number of amides is 1. The molecule has 0 unspecified atom stereocenters. The second-order valence-corrected chi connectivity index (χ2v) is 5.35. The maximum Gasteiger partial charge on any atom is 0.274 e. The summed E-state index contributed by atoms with van der Waals surface area (Å²) in [6, 6.07) is 9.81. The van der Waals surface area contributed by atoms with Crippen LogP contribution in [0.15, 0.2) is 39.9 Å². The fourth-order valence-corrected chi connectivity index (χ4v) is 2.05. The van der Waals surface area contributed by atoms with Gasteiger partial charge in [-0.1, -0.05) is 38.1 Å². The van der Waals surface area contributed by atoms with Crippen molar-refractivity contribution in [1.82, 2.24) is 5.43 Å². The van der Waals surface area contributed by atoms with E-state index in [1.807, 2.05) is 19.1 Å². The van der Waals surface area contributed by atoms with Gasteiger partial charge in [-0.15, -0.1) is 0 Å². The summed E-state index contributed by atoms with van der Waals surface area (Å²) in [5.41, 5.74) is 5.25. The van der Waals surface area contributed by atoms with Crippen LogP contribution in [0.25, 0.3) is 0 Å². The van der Waals surface area contributed by atoms with Gasteiger partial charge in [0.05, 0.1) is 11.8 Å². The van der Waals surface area contributed by atoms with Gasteiger partial charge in [-0.05, 0) is 37.0 Å². The quantitative estimate of drug-likeness (QED) is 0.686. The molecule has 4 heteroatoms. The fourth-order valence-electron chi connectivity index (χ4n) is 2.05. The number of carbonyl (C=O) groups excluding carboxylic acids is 1. The molecule has 0 atom stereocenters. The highest BCUT2D eigenvalue weighted by Crippen LogP contribution is 2.14. The van der Waals surface area contributed by atoms with Gasteiger partial charge < -0.3 is 4.42 Å². The number of carbonyl (C=O) groups is 1. The lowest BCUT2D eigenvalue weighted by atomic mass is 10.0. The normalized spacial score (nSPS) is 11.3. The van der Waals surface area contributed by atoms with Gasteiger partial charge in [0.15, 0.2) is 0 Å². The van der Waals surface area contributed by atoms with Crippen molar-refractivity contribution in [3.63, 3.8) is 0 Å². The second-order valence-electron chi connectivity index (χ2n) is 5.35. The van der Waals surface area contributed by atoms with Crippen LogP contribution < -0.4 is 5.43 Å². The number of hydrazone groups is 1. The SMILES string of the molecule is Cc1cc(C(=O)NN=Cc2ccc(C(C)C)cc2)c(C)o1. The molecule has 4 nitrogen and oxygen atoms in total. The molecule has 1 N–H and O–H groups in total. The standard InChI is InChI=1S/C17H20N2O2/c1-11(2)15-7-5-14(6-8-15)10-18-19-17(20)16-9-12(3)21-13(16)4/h5-11H,1-4H3,(H,19,20). The molecule has 1 aromatic carbocycles. The van der Waals surface area contributed by atoms with Crippen LogP contribution in [0.2, 0.25) is 0 Å². The zero-order valence-corrected chi connectivity index (χ0v) is 12.8. The molecule has 0 aliphatic rings. The number of nitrogens with zero attached hydrogens (tertiary/aromatic N) is 1. The number of hydrogen-bond acceptors (Lipinski definition) is 3. The molecule has 0 aliphatic heterocycles. The van der Waals surface area contributed by atoms with Crippen LogP contribution in [0, 0.1) is 13.8 Å². The van der Waals surface area contributed by atoms with E-state index in [9.17, 15) is 4.79 Å². The summed E-state index contributed by atoms with van der Waals surface area (Å²) < 4.78 is 5.32. The van der Waals surface area contributed by atoms with Gasteiger partial charge in [-0.3, -0.25) is 4.79 Å². The van der Waals surface area contributed by atoms with Gasteiger partial charge in [0.25, 0.3) is 5.91 Å².